The maximum atomic E-state index is 12.5. The molecule has 0 aliphatic carbocycles. The highest BCUT2D eigenvalue weighted by atomic mass is 16.5. The summed E-state index contributed by atoms with van der Waals surface area (Å²) in [6, 6.07) is 0.154. The number of carbonyl (C=O) groups is 1. The van der Waals surface area contributed by atoms with Crippen LogP contribution in [0.15, 0.2) is 0 Å². The molecule has 1 saturated heterocycles. The zero-order valence-corrected chi connectivity index (χ0v) is 12.1. The van der Waals surface area contributed by atoms with Crippen LogP contribution in [-0.4, -0.2) is 38.8 Å². The highest BCUT2D eigenvalue weighted by Crippen LogP contribution is 2.31. The topological polar surface area (TPSA) is 50.4 Å². The maximum Gasteiger partial charge on any atom is 0.227 e. The molecule has 2 atom stereocenters. The van der Waals surface area contributed by atoms with Crippen LogP contribution in [0.4, 0.5) is 0 Å². The van der Waals surface area contributed by atoms with Crippen molar-refractivity contribution in [2.75, 3.05) is 26.8 Å². The Bertz CT molecular complexity index is 244. The fourth-order valence-corrected chi connectivity index (χ4v) is 2.83. The molecule has 0 radical (unpaired) electrons. The van der Waals surface area contributed by atoms with E-state index in [1.165, 1.54) is 0 Å². The summed E-state index contributed by atoms with van der Waals surface area (Å²) in [5.41, 5.74) is -0.186. The minimum Gasteiger partial charge on any atom is -0.383 e. The number of hydrogen-bond acceptors (Lipinski definition) is 3. The summed E-state index contributed by atoms with van der Waals surface area (Å²) in [4.78, 5) is 12.5. The van der Waals surface area contributed by atoms with Crippen molar-refractivity contribution in [2.45, 2.75) is 52.0 Å². The number of carbonyl (C=O) groups excluding carboxylic acids is 1. The Morgan fingerprint density at radius 2 is 2.22 bits per heavy atom. The third kappa shape index (κ3) is 3.95. The lowest BCUT2D eigenvalue weighted by molar-refractivity contribution is -0.131. The molecule has 0 saturated carbocycles. The molecule has 106 valence electrons. The van der Waals surface area contributed by atoms with E-state index in [0.717, 1.165) is 45.2 Å². The van der Waals surface area contributed by atoms with Gasteiger partial charge in [-0.2, -0.15) is 0 Å². The van der Waals surface area contributed by atoms with Crippen LogP contribution in [0.5, 0.6) is 0 Å². The van der Waals surface area contributed by atoms with Gasteiger partial charge in [-0.1, -0.05) is 26.7 Å². The Kier molecular flexibility index (Phi) is 6.65. The van der Waals surface area contributed by atoms with Crippen molar-refractivity contribution in [3.63, 3.8) is 0 Å². The maximum absolute atomic E-state index is 12.5. The fraction of sp³-hybridized carbons (Fsp3) is 0.929. The number of nitrogens with one attached hydrogen (secondary N) is 2. The van der Waals surface area contributed by atoms with Crippen LogP contribution < -0.4 is 10.6 Å². The lowest BCUT2D eigenvalue weighted by Crippen LogP contribution is -2.48. The summed E-state index contributed by atoms with van der Waals surface area (Å²) in [6.07, 6.45) is 5.02. The molecule has 1 heterocycles. The van der Waals surface area contributed by atoms with E-state index >= 15 is 0 Å². The molecule has 1 aliphatic heterocycles. The highest BCUT2D eigenvalue weighted by molar-refractivity contribution is 5.83. The van der Waals surface area contributed by atoms with E-state index in [1.807, 2.05) is 0 Å². The normalized spacial score (nSPS) is 25.1. The second-order valence-electron chi connectivity index (χ2n) is 5.37. The first kappa shape index (κ1) is 15.4. The minimum atomic E-state index is -0.186. The average molecular weight is 256 g/mol. The molecule has 0 aromatic rings. The van der Waals surface area contributed by atoms with Gasteiger partial charge in [-0.25, -0.2) is 0 Å². The predicted molar refractivity (Wildman–Crippen MR) is 73.5 cm³/mol. The van der Waals surface area contributed by atoms with E-state index in [2.05, 4.69) is 24.5 Å². The zero-order valence-electron chi connectivity index (χ0n) is 12.1. The summed E-state index contributed by atoms with van der Waals surface area (Å²) in [6.45, 7) is 6.66. The van der Waals surface area contributed by atoms with Crippen molar-refractivity contribution in [3.05, 3.63) is 0 Å². The Morgan fingerprint density at radius 3 is 2.72 bits per heavy atom. The molecule has 1 aliphatic rings. The fourth-order valence-electron chi connectivity index (χ4n) is 2.83. The van der Waals surface area contributed by atoms with Gasteiger partial charge in [0.05, 0.1) is 18.1 Å². The Morgan fingerprint density at radius 1 is 1.44 bits per heavy atom. The molecule has 1 fully saturated rings. The molecule has 2 unspecified atom stereocenters. The van der Waals surface area contributed by atoms with E-state index in [-0.39, 0.29) is 17.4 Å². The van der Waals surface area contributed by atoms with Gasteiger partial charge >= 0.3 is 0 Å². The van der Waals surface area contributed by atoms with Gasteiger partial charge in [0.1, 0.15) is 0 Å². The standard InChI is InChI=1S/C14H28N2O2/c1-4-6-12(10-18-3)16-13(17)14(7-5-2)8-9-15-11-14/h12,15H,4-11H2,1-3H3,(H,16,17). The lowest BCUT2D eigenvalue weighted by atomic mass is 9.81. The first-order valence-electron chi connectivity index (χ1n) is 7.19. The van der Waals surface area contributed by atoms with Crippen LogP contribution in [0.25, 0.3) is 0 Å². The monoisotopic (exact) mass is 256 g/mol. The molecule has 0 aromatic heterocycles. The Hall–Kier alpha value is -0.610. The number of rotatable bonds is 8. The van der Waals surface area contributed by atoms with Crippen molar-refractivity contribution in [3.8, 4) is 0 Å². The van der Waals surface area contributed by atoms with Crippen LogP contribution >= 0.6 is 0 Å². The molecule has 1 amide bonds. The molecule has 0 bridgehead atoms. The molecule has 18 heavy (non-hydrogen) atoms. The van der Waals surface area contributed by atoms with Gasteiger partial charge in [-0.3, -0.25) is 4.79 Å². The Labute approximate surface area is 111 Å². The predicted octanol–water partition coefficient (Wildman–Crippen LogP) is 1.70. The molecule has 1 rings (SSSR count). The number of methoxy groups -OCH3 is 1. The van der Waals surface area contributed by atoms with Gasteiger partial charge in [0.15, 0.2) is 0 Å². The summed E-state index contributed by atoms with van der Waals surface area (Å²) in [5.74, 6) is 0.213. The summed E-state index contributed by atoms with van der Waals surface area (Å²) in [5, 5.41) is 6.51. The molecular formula is C14H28N2O2. The van der Waals surface area contributed by atoms with Crippen molar-refractivity contribution in [1.29, 1.82) is 0 Å². The minimum absolute atomic E-state index is 0.154. The molecule has 0 aromatic carbocycles. The quantitative estimate of drug-likeness (QED) is 0.695. The van der Waals surface area contributed by atoms with Crippen LogP contribution in [0, 0.1) is 5.41 Å². The summed E-state index contributed by atoms with van der Waals surface area (Å²) >= 11 is 0. The van der Waals surface area contributed by atoms with Crippen LogP contribution in [0.2, 0.25) is 0 Å². The van der Waals surface area contributed by atoms with Crippen LogP contribution in [0.3, 0.4) is 0 Å². The van der Waals surface area contributed by atoms with Crippen molar-refractivity contribution < 1.29 is 9.53 Å². The number of hydrogen-bond donors (Lipinski definition) is 2. The third-order valence-corrected chi connectivity index (χ3v) is 3.79. The van der Waals surface area contributed by atoms with Gasteiger partial charge < -0.3 is 15.4 Å². The highest BCUT2D eigenvalue weighted by Gasteiger charge is 2.40. The first-order valence-corrected chi connectivity index (χ1v) is 7.19. The molecule has 0 spiro atoms. The molecular weight excluding hydrogens is 228 g/mol. The molecule has 4 nitrogen and oxygen atoms in total. The van der Waals surface area contributed by atoms with Crippen LogP contribution in [-0.2, 0) is 9.53 Å². The largest absolute Gasteiger partial charge is 0.383 e. The van der Waals surface area contributed by atoms with Gasteiger partial charge in [-0.05, 0) is 25.8 Å². The van der Waals surface area contributed by atoms with E-state index in [1.54, 1.807) is 7.11 Å². The van der Waals surface area contributed by atoms with Crippen molar-refractivity contribution in [2.24, 2.45) is 5.41 Å². The SMILES string of the molecule is CCCC(COC)NC(=O)C1(CCC)CCNC1. The van der Waals surface area contributed by atoms with E-state index in [4.69, 9.17) is 4.74 Å². The second kappa shape index (κ2) is 7.74. The van der Waals surface area contributed by atoms with E-state index in [0.29, 0.717) is 6.61 Å². The summed E-state index contributed by atoms with van der Waals surface area (Å²) < 4.78 is 5.18. The van der Waals surface area contributed by atoms with Gasteiger partial charge in [0.2, 0.25) is 5.91 Å². The smallest absolute Gasteiger partial charge is 0.227 e. The lowest BCUT2D eigenvalue weighted by Gasteiger charge is -2.29. The second-order valence-corrected chi connectivity index (χ2v) is 5.37. The van der Waals surface area contributed by atoms with Gasteiger partial charge in [0.25, 0.3) is 0 Å². The van der Waals surface area contributed by atoms with Crippen LogP contribution in [0.1, 0.15) is 46.0 Å². The van der Waals surface area contributed by atoms with E-state index < -0.39 is 0 Å². The number of amides is 1. The van der Waals surface area contributed by atoms with E-state index in [9.17, 15) is 4.79 Å². The van der Waals surface area contributed by atoms with Gasteiger partial charge in [0, 0.05) is 13.7 Å². The third-order valence-electron chi connectivity index (χ3n) is 3.79. The van der Waals surface area contributed by atoms with Gasteiger partial charge in [-0.15, -0.1) is 0 Å². The Balaban J connectivity index is 2.59. The first-order chi connectivity index (χ1) is 8.68. The molecule has 2 N–H and O–H groups in total. The average Bonchev–Trinajstić information content (AvgIpc) is 2.80. The molecule has 4 heteroatoms. The summed E-state index contributed by atoms with van der Waals surface area (Å²) in [7, 11) is 1.69. The zero-order chi connectivity index (χ0) is 13.4. The number of ether oxygens (including phenoxy) is 1. The van der Waals surface area contributed by atoms with Crippen molar-refractivity contribution in [1.82, 2.24) is 10.6 Å². The van der Waals surface area contributed by atoms with Crippen molar-refractivity contribution >= 4 is 5.91 Å².